The van der Waals surface area contributed by atoms with Crippen LogP contribution in [0.4, 0.5) is 5.69 Å². The van der Waals surface area contributed by atoms with E-state index in [1.54, 1.807) is 6.92 Å². The number of hydrogen-bond acceptors (Lipinski definition) is 3. The fourth-order valence-electron chi connectivity index (χ4n) is 2.59. The van der Waals surface area contributed by atoms with Gasteiger partial charge in [0, 0.05) is 10.7 Å². The minimum atomic E-state index is -1.11. The van der Waals surface area contributed by atoms with Gasteiger partial charge in [0.2, 0.25) is 0 Å². The summed E-state index contributed by atoms with van der Waals surface area (Å²) >= 11 is 6.04. The molecule has 0 fully saturated rings. The van der Waals surface area contributed by atoms with Crippen LogP contribution >= 0.6 is 11.6 Å². The molecule has 2 aromatic rings. The Morgan fingerprint density at radius 1 is 1.21 bits per heavy atom. The van der Waals surface area contributed by atoms with Gasteiger partial charge in [-0.1, -0.05) is 29.8 Å². The molecule has 0 bridgehead atoms. The average Bonchev–Trinajstić information content (AvgIpc) is 2.56. The summed E-state index contributed by atoms with van der Waals surface area (Å²) in [6, 6.07) is 13.4. The van der Waals surface area contributed by atoms with Gasteiger partial charge in [-0.2, -0.15) is 0 Å². The summed E-state index contributed by atoms with van der Waals surface area (Å²) in [5, 5.41) is 19.2. The van der Waals surface area contributed by atoms with Crippen molar-refractivity contribution < 1.29 is 15.0 Å². The van der Waals surface area contributed by atoms with Gasteiger partial charge in [0.05, 0.1) is 12.0 Å². The number of aryl methyl sites for hydroxylation is 1. The molecule has 4 nitrogen and oxygen atoms in total. The zero-order valence-corrected chi connectivity index (χ0v) is 14.4. The van der Waals surface area contributed by atoms with Crippen molar-refractivity contribution in [3.63, 3.8) is 0 Å². The number of aliphatic hydroxyl groups is 1. The summed E-state index contributed by atoms with van der Waals surface area (Å²) in [5.74, 6) is -0.981. The fourth-order valence-corrected chi connectivity index (χ4v) is 2.78. The molecule has 0 amide bonds. The van der Waals surface area contributed by atoms with Gasteiger partial charge in [-0.3, -0.25) is 4.79 Å². The van der Waals surface area contributed by atoms with E-state index in [4.69, 9.17) is 17.3 Å². The van der Waals surface area contributed by atoms with Crippen LogP contribution in [0.1, 0.15) is 25.3 Å². The number of carboxylic acids is 1. The van der Waals surface area contributed by atoms with E-state index in [0.717, 1.165) is 16.7 Å². The number of nitrogen functional groups attached to an aromatic ring is 1. The van der Waals surface area contributed by atoms with Crippen molar-refractivity contribution in [1.29, 1.82) is 0 Å². The summed E-state index contributed by atoms with van der Waals surface area (Å²) in [5.41, 5.74) is 8.62. The molecule has 2 rings (SSSR count). The predicted octanol–water partition coefficient (Wildman–Crippen LogP) is 4.00. The van der Waals surface area contributed by atoms with Gasteiger partial charge in [-0.05, 0) is 67.1 Å². The molecule has 24 heavy (non-hydrogen) atoms. The molecule has 0 aliphatic rings. The quantitative estimate of drug-likeness (QED) is 0.661. The van der Waals surface area contributed by atoms with Crippen LogP contribution in [0, 0.1) is 5.41 Å². The Hall–Kier alpha value is -2.04. The Balaban J connectivity index is 2.14. The standard InChI is InChI=1S/C19H22ClNO3/c1-19(12-22,18(23)24)9-3-5-15-10-14(7-8-17(15)21)13-4-2-6-16(20)11-13/h2,4,6-8,10-11,22H,3,5,9,12,21H2,1H3,(H,23,24). The number of nitrogens with two attached hydrogens (primary N) is 1. The summed E-state index contributed by atoms with van der Waals surface area (Å²) in [4.78, 5) is 11.2. The molecule has 0 spiro atoms. The monoisotopic (exact) mass is 347 g/mol. The topological polar surface area (TPSA) is 83.5 Å². The van der Waals surface area contributed by atoms with Gasteiger partial charge in [0.1, 0.15) is 0 Å². The van der Waals surface area contributed by atoms with Gasteiger partial charge in [0.25, 0.3) is 0 Å². The number of aliphatic carboxylic acids is 1. The van der Waals surface area contributed by atoms with Crippen LogP contribution in [0.5, 0.6) is 0 Å². The molecule has 128 valence electrons. The van der Waals surface area contributed by atoms with E-state index in [1.807, 2.05) is 42.5 Å². The number of hydrogen-bond donors (Lipinski definition) is 3. The highest BCUT2D eigenvalue weighted by molar-refractivity contribution is 6.30. The Morgan fingerprint density at radius 2 is 1.92 bits per heavy atom. The van der Waals surface area contributed by atoms with E-state index in [2.05, 4.69) is 0 Å². The molecule has 1 atom stereocenters. The molecular weight excluding hydrogens is 326 g/mol. The number of anilines is 1. The lowest BCUT2D eigenvalue weighted by atomic mass is 9.85. The normalized spacial score (nSPS) is 13.5. The van der Waals surface area contributed by atoms with Crippen LogP contribution in [0.25, 0.3) is 11.1 Å². The third-order valence-electron chi connectivity index (χ3n) is 4.34. The second kappa shape index (κ2) is 7.69. The minimum absolute atomic E-state index is 0.375. The summed E-state index contributed by atoms with van der Waals surface area (Å²) in [6.07, 6.45) is 1.68. The second-order valence-electron chi connectivity index (χ2n) is 6.30. The predicted molar refractivity (Wildman–Crippen MR) is 97.1 cm³/mol. The second-order valence-corrected chi connectivity index (χ2v) is 6.74. The first-order valence-corrected chi connectivity index (χ1v) is 8.22. The van der Waals surface area contributed by atoms with Crippen LogP contribution in [0.3, 0.4) is 0 Å². The van der Waals surface area contributed by atoms with Gasteiger partial charge < -0.3 is 15.9 Å². The van der Waals surface area contributed by atoms with Crippen LogP contribution in [-0.2, 0) is 11.2 Å². The zero-order valence-electron chi connectivity index (χ0n) is 13.6. The highest BCUT2D eigenvalue weighted by Crippen LogP contribution is 2.29. The summed E-state index contributed by atoms with van der Waals surface area (Å²) in [7, 11) is 0. The average molecular weight is 348 g/mol. The molecule has 0 aromatic heterocycles. The molecular formula is C19H22ClNO3. The van der Waals surface area contributed by atoms with Gasteiger partial charge in [0.15, 0.2) is 0 Å². The maximum Gasteiger partial charge on any atom is 0.311 e. The summed E-state index contributed by atoms with van der Waals surface area (Å²) in [6.45, 7) is 1.18. The number of rotatable bonds is 7. The number of aliphatic hydroxyl groups excluding tert-OH is 1. The van der Waals surface area contributed by atoms with Gasteiger partial charge in [-0.25, -0.2) is 0 Å². The van der Waals surface area contributed by atoms with Crippen molar-refractivity contribution in [1.82, 2.24) is 0 Å². The van der Waals surface area contributed by atoms with E-state index < -0.39 is 11.4 Å². The smallest absolute Gasteiger partial charge is 0.311 e. The molecule has 5 heteroatoms. The van der Waals surface area contributed by atoms with E-state index in [0.29, 0.717) is 30.0 Å². The maximum absolute atomic E-state index is 11.2. The van der Waals surface area contributed by atoms with E-state index in [-0.39, 0.29) is 6.61 Å². The Labute approximate surface area is 146 Å². The number of carbonyl (C=O) groups is 1. The Kier molecular flexibility index (Phi) is 5.86. The molecule has 0 aliphatic carbocycles. The van der Waals surface area contributed by atoms with Crippen LogP contribution in [-0.4, -0.2) is 22.8 Å². The van der Waals surface area contributed by atoms with E-state index in [9.17, 15) is 15.0 Å². The zero-order chi connectivity index (χ0) is 17.7. The van der Waals surface area contributed by atoms with Crippen LogP contribution < -0.4 is 5.73 Å². The Bertz CT molecular complexity index is 732. The highest BCUT2D eigenvalue weighted by atomic mass is 35.5. The SMILES string of the molecule is CC(CO)(CCCc1cc(-c2cccc(Cl)c2)ccc1N)C(=O)O. The van der Waals surface area contributed by atoms with Gasteiger partial charge in [-0.15, -0.1) is 0 Å². The van der Waals surface area contributed by atoms with Crippen molar-refractivity contribution in [3.8, 4) is 11.1 Å². The first kappa shape index (κ1) is 18.3. The third-order valence-corrected chi connectivity index (χ3v) is 4.58. The van der Waals surface area contributed by atoms with Crippen molar-refractivity contribution in [2.75, 3.05) is 12.3 Å². The highest BCUT2D eigenvalue weighted by Gasteiger charge is 2.31. The molecule has 0 radical (unpaired) electrons. The van der Waals surface area contributed by atoms with Crippen molar-refractivity contribution in [3.05, 3.63) is 53.1 Å². The molecule has 0 saturated carbocycles. The number of carboxylic acid groups (broad SMARTS) is 1. The van der Waals surface area contributed by atoms with Gasteiger partial charge >= 0.3 is 5.97 Å². The van der Waals surface area contributed by atoms with E-state index in [1.165, 1.54) is 0 Å². The molecule has 1 unspecified atom stereocenters. The van der Waals surface area contributed by atoms with Crippen molar-refractivity contribution in [2.45, 2.75) is 26.2 Å². The molecule has 0 saturated heterocycles. The molecule has 0 aliphatic heterocycles. The maximum atomic E-state index is 11.2. The van der Waals surface area contributed by atoms with Crippen molar-refractivity contribution in [2.24, 2.45) is 5.41 Å². The van der Waals surface area contributed by atoms with Crippen LogP contribution in [0.15, 0.2) is 42.5 Å². The fraction of sp³-hybridized carbons (Fsp3) is 0.316. The molecule has 4 N–H and O–H groups in total. The number of benzene rings is 2. The lowest BCUT2D eigenvalue weighted by molar-refractivity contribution is -0.150. The first-order valence-electron chi connectivity index (χ1n) is 7.84. The molecule has 0 heterocycles. The third kappa shape index (κ3) is 4.28. The largest absolute Gasteiger partial charge is 0.481 e. The minimum Gasteiger partial charge on any atom is -0.481 e. The number of halogens is 1. The molecule has 2 aromatic carbocycles. The lowest BCUT2D eigenvalue weighted by Gasteiger charge is -2.21. The van der Waals surface area contributed by atoms with Crippen LogP contribution in [0.2, 0.25) is 5.02 Å². The lowest BCUT2D eigenvalue weighted by Crippen LogP contribution is -2.31. The Morgan fingerprint density at radius 3 is 2.54 bits per heavy atom. The van der Waals surface area contributed by atoms with E-state index >= 15 is 0 Å². The van der Waals surface area contributed by atoms with Crippen molar-refractivity contribution >= 4 is 23.3 Å². The first-order chi connectivity index (χ1) is 11.4. The summed E-state index contributed by atoms with van der Waals surface area (Å²) < 4.78 is 0.